The molecular weight excluding hydrogens is 247 g/mol. The Hall–Kier alpha value is -1.62. The topological polar surface area (TPSA) is 52.6 Å². The number of nitrogens with one attached hydrogen (secondary N) is 1. The van der Waals surface area contributed by atoms with Crippen LogP contribution in [0.25, 0.3) is 0 Å². The lowest BCUT2D eigenvalue weighted by Crippen LogP contribution is -2.48. The fourth-order valence-electron chi connectivity index (χ4n) is 2.58. The van der Waals surface area contributed by atoms with Crippen molar-refractivity contribution in [2.45, 2.75) is 25.3 Å². The molecule has 0 bridgehead atoms. The van der Waals surface area contributed by atoms with Gasteiger partial charge in [-0.05, 0) is 38.4 Å². The van der Waals surface area contributed by atoms with Crippen LogP contribution in [0.2, 0.25) is 0 Å². The molecule has 0 saturated carbocycles. The molecule has 19 heavy (non-hydrogen) atoms. The number of aromatic hydroxyl groups is 1. The van der Waals surface area contributed by atoms with Crippen LogP contribution < -0.4 is 5.32 Å². The molecule has 2 rings (SSSR count). The molecule has 0 aliphatic carbocycles. The van der Waals surface area contributed by atoms with E-state index in [0.29, 0.717) is 13.1 Å². The molecule has 0 radical (unpaired) electrons. The second kappa shape index (κ2) is 6.02. The van der Waals surface area contributed by atoms with Crippen molar-refractivity contribution in [1.82, 2.24) is 10.2 Å². The molecule has 1 unspecified atom stereocenters. The van der Waals surface area contributed by atoms with Gasteiger partial charge in [-0.25, -0.2) is 4.39 Å². The minimum Gasteiger partial charge on any atom is -0.507 e. The van der Waals surface area contributed by atoms with Crippen molar-refractivity contribution in [2.24, 2.45) is 0 Å². The second-order valence-corrected chi connectivity index (χ2v) is 4.84. The maximum Gasteiger partial charge on any atom is 0.260 e. The largest absolute Gasteiger partial charge is 0.507 e. The summed E-state index contributed by atoms with van der Waals surface area (Å²) in [5.74, 6) is -1.38. The van der Waals surface area contributed by atoms with Crippen LogP contribution in [-0.4, -0.2) is 42.1 Å². The van der Waals surface area contributed by atoms with Gasteiger partial charge >= 0.3 is 0 Å². The fourth-order valence-corrected chi connectivity index (χ4v) is 2.58. The van der Waals surface area contributed by atoms with Gasteiger partial charge in [-0.2, -0.15) is 0 Å². The van der Waals surface area contributed by atoms with Crippen LogP contribution in [0, 0.1) is 5.82 Å². The number of piperidine rings is 1. The number of phenols is 1. The Kier molecular flexibility index (Phi) is 4.37. The van der Waals surface area contributed by atoms with Crippen LogP contribution in [0.1, 0.15) is 29.6 Å². The van der Waals surface area contributed by atoms with E-state index >= 15 is 0 Å². The van der Waals surface area contributed by atoms with Crippen molar-refractivity contribution >= 4 is 5.91 Å². The third kappa shape index (κ3) is 2.87. The SMILES string of the molecule is CNCC1CCCCN1C(=O)c1c(O)cccc1F. The van der Waals surface area contributed by atoms with Gasteiger partial charge in [0.15, 0.2) is 0 Å². The number of benzene rings is 1. The third-order valence-corrected chi connectivity index (χ3v) is 3.53. The van der Waals surface area contributed by atoms with Crippen LogP contribution in [-0.2, 0) is 0 Å². The van der Waals surface area contributed by atoms with Crippen molar-refractivity contribution in [1.29, 1.82) is 0 Å². The van der Waals surface area contributed by atoms with Crippen LogP contribution in [0.15, 0.2) is 18.2 Å². The van der Waals surface area contributed by atoms with Gasteiger partial charge in [0.05, 0.1) is 0 Å². The number of rotatable bonds is 3. The van der Waals surface area contributed by atoms with Crippen LogP contribution in [0.4, 0.5) is 4.39 Å². The first-order valence-electron chi connectivity index (χ1n) is 6.58. The Bertz CT molecular complexity index is 443. The van der Waals surface area contributed by atoms with Crippen LogP contribution in [0.3, 0.4) is 0 Å². The first-order valence-corrected chi connectivity index (χ1v) is 6.58. The third-order valence-electron chi connectivity index (χ3n) is 3.53. The Morgan fingerprint density at radius 1 is 1.53 bits per heavy atom. The van der Waals surface area contributed by atoms with E-state index in [0.717, 1.165) is 19.3 Å². The highest BCUT2D eigenvalue weighted by Gasteiger charge is 2.30. The molecule has 0 spiro atoms. The Morgan fingerprint density at radius 3 is 3.00 bits per heavy atom. The molecular formula is C14H19FN2O2. The molecule has 4 nitrogen and oxygen atoms in total. The molecule has 1 fully saturated rings. The van der Waals surface area contributed by atoms with Gasteiger partial charge in [-0.15, -0.1) is 0 Å². The number of likely N-dealkylation sites (tertiary alicyclic amines) is 1. The van der Waals surface area contributed by atoms with Crippen molar-refractivity contribution in [3.8, 4) is 5.75 Å². The number of amides is 1. The molecule has 1 aromatic rings. The summed E-state index contributed by atoms with van der Waals surface area (Å²) in [4.78, 5) is 14.1. The summed E-state index contributed by atoms with van der Waals surface area (Å²) in [5, 5.41) is 12.8. The Morgan fingerprint density at radius 2 is 2.32 bits per heavy atom. The van der Waals surface area contributed by atoms with Crippen molar-refractivity contribution in [2.75, 3.05) is 20.1 Å². The smallest absolute Gasteiger partial charge is 0.260 e. The lowest BCUT2D eigenvalue weighted by molar-refractivity contribution is 0.0607. The first kappa shape index (κ1) is 13.8. The van der Waals surface area contributed by atoms with E-state index in [1.165, 1.54) is 18.2 Å². The Balaban J connectivity index is 2.26. The summed E-state index contributed by atoms with van der Waals surface area (Å²) >= 11 is 0. The standard InChI is InChI=1S/C14H19FN2O2/c1-16-9-10-5-2-3-8-17(10)14(19)13-11(15)6-4-7-12(13)18/h4,6-7,10,16,18H,2-3,5,8-9H2,1H3. The predicted molar refractivity (Wildman–Crippen MR) is 70.7 cm³/mol. The quantitative estimate of drug-likeness (QED) is 0.876. The summed E-state index contributed by atoms with van der Waals surface area (Å²) in [7, 11) is 1.83. The predicted octanol–water partition coefficient (Wildman–Crippen LogP) is 1.75. The summed E-state index contributed by atoms with van der Waals surface area (Å²) in [6.45, 7) is 1.29. The van der Waals surface area contributed by atoms with Gasteiger partial charge in [-0.3, -0.25) is 4.79 Å². The van der Waals surface area contributed by atoms with E-state index in [-0.39, 0.29) is 17.4 Å². The molecule has 1 saturated heterocycles. The normalized spacial score (nSPS) is 19.5. The molecule has 1 aliphatic heterocycles. The highest BCUT2D eigenvalue weighted by atomic mass is 19.1. The average Bonchev–Trinajstić information content (AvgIpc) is 2.39. The molecule has 1 atom stereocenters. The van der Waals surface area contributed by atoms with Gasteiger partial charge in [0.25, 0.3) is 5.91 Å². The zero-order valence-electron chi connectivity index (χ0n) is 11.0. The Labute approximate surface area is 112 Å². The van der Waals surface area contributed by atoms with E-state index < -0.39 is 11.7 Å². The molecule has 1 amide bonds. The van der Waals surface area contributed by atoms with Gasteiger partial charge in [0.2, 0.25) is 0 Å². The molecule has 1 aliphatic rings. The highest BCUT2D eigenvalue weighted by molar-refractivity contribution is 5.97. The summed E-state index contributed by atoms with van der Waals surface area (Å²) < 4.78 is 13.7. The number of hydrogen-bond acceptors (Lipinski definition) is 3. The number of likely N-dealkylation sites (N-methyl/N-ethyl adjacent to an activating group) is 1. The number of hydrogen-bond donors (Lipinski definition) is 2. The molecule has 0 aromatic heterocycles. The van der Waals surface area contributed by atoms with E-state index in [4.69, 9.17) is 0 Å². The maximum absolute atomic E-state index is 13.7. The number of carbonyl (C=O) groups excluding carboxylic acids is 1. The molecule has 1 heterocycles. The number of phenolic OH excluding ortho intramolecular Hbond substituents is 1. The highest BCUT2D eigenvalue weighted by Crippen LogP contribution is 2.25. The van der Waals surface area contributed by atoms with Gasteiger partial charge in [-0.1, -0.05) is 6.07 Å². The van der Waals surface area contributed by atoms with Crippen LogP contribution >= 0.6 is 0 Å². The van der Waals surface area contributed by atoms with Crippen LogP contribution in [0.5, 0.6) is 5.75 Å². The monoisotopic (exact) mass is 266 g/mol. The van der Waals surface area contributed by atoms with E-state index in [1.807, 2.05) is 7.05 Å². The zero-order valence-corrected chi connectivity index (χ0v) is 11.0. The lowest BCUT2D eigenvalue weighted by Gasteiger charge is -2.36. The van der Waals surface area contributed by atoms with Gasteiger partial charge < -0.3 is 15.3 Å². The zero-order chi connectivity index (χ0) is 13.8. The number of halogens is 1. The molecule has 1 aromatic carbocycles. The van der Waals surface area contributed by atoms with E-state index in [2.05, 4.69) is 5.32 Å². The maximum atomic E-state index is 13.7. The number of carbonyl (C=O) groups is 1. The van der Waals surface area contributed by atoms with Gasteiger partial charge in [0.1, 0.15) is 17.1 Å². The summed E-state index contributed by atoms with van der Waals surface area (Å²) in [5.41, 5.74) is -0.217. The minimum atomic E-state index is -0.668. The summed E-state index contributed by atoms with van der Waals surface area (Å²) in [6, 6.07) is 3.99. The van der Waals surface area contributed by atoms with Gasteiger partial charge in [0, 0.05) is 19.1 Å². The van der Waals surface area contributed by atoms with Crippen molar-refractivity contribution < 1.29 is 14.3 Å². The minimum absolute atomic E-state index is 0.0604. The second-order valence-electron chi connectivity index (χ2n) is 4.84. The first-order chi connectivity index (χ1) is 9.15. The molecule has 104 valence electrons. The van der Waals surface area contributed by atoms with Crippen molar-refractivity contribution in [3.05, 3.63) is 29.6 Å². The average molecular weight is 266 g/mol. The van der Waals surface area contributed by atoms with Crippen molar-refractivity contribution in [3.63, 3.8) is 0 Å². The van der Waals surface area contributed by atoms with E-state index in [9.17, 15) is 14.3 Å². The molecule has 2 N–H and O–H groups in total. The fraction of sp³-hybridized carbons (Fsp3) is 0.500. The summed E-state index contributed by atoms with van der Waals surface area (Å²) in [6.07, 6.45) is 2.89. The molecule has 5 heteroatoms. The number of nitrogens with zero attached hydrogens (tertiary/aromatic N) is 1. The van der Waals surface area contributed by atoms with E-state index in [1.54, 1.807) is 4.90 Å². The lowest BCUT2D eigenvalue weighted by atomic mass is 10.0.